The Balaban J connectivity index is 2.03. The first-order valence-electron chi connectivity index (χ1n) is 8.22. The molecule has 1 amide bonds. The normalized spacial score (nSPS) is 10.9. The molecule has 0 aliphatic carbocycles. The van der Waals surface area contributed by atoms with Gasteiger partial charge >= 0.3 is 0 Å². The molecule has 2 aromatic carbocycles. The molecule has 0 radical (unpaired) electrons. The average Bonchev–Trinajstić information content (AvgIpc) is 2.66. The fourth-order valence-electron chi connectivity index (χ4n) is 2.40. The highest BCUT2D eigenvalue weighted by Crippen LogP contribution is 2.28. The van der Waals surface area contributed by atoms with Crippen LogP contribution in [-0.4, -0.2) is 40.0 Å². The molecule has 2 aromatic rings. The van der Waals surface area contributed by atoms with Gasteiger partial charge in [0.05, 0.1) is 24.0 Å². The minimum atomic E-state index is -4.07. The Morgan fingerprint density at radius 1 is 1.14 bits per heavy atom. The van der Waals surface area contributed by atoms with Gasteiger partial charge in [-0.2, -0.15) is 0 Å². The fraction of sp³-hybridized carbons (Fsp3) is 0.235. The van der Waals surface area contributed by atoms with Crippen LogP contribution < -0.4 is 25.2 Å². The largest absolute Gasteiger partial charge is 0.497 e. The van der Waals surface area contributed by atoms with Crippen molar-refractivity contribution in [1.29, 1.82) is 0 Å². The number of rotatable bonds is 9. The predicted molar refractivity (Wildman–Crippen MR) is 106 cm³/mol. The number of carbonyl (C=O) groups excluding carboxylic acids is 1. The minimum absolute atomic E-state index is 0.00633. The summed E-state index contributed by atoms with van der Waals surface area (Å²) >= 11 is 0. The second-order valence-corrected chi connectivity index (χ2v) is 7.37. The number of methoxy groups -OCH3 is 2. The number of nitrogens with two attached hydrogens (primary N) is 1. The summed E-state index contributed by atoms with van der Waals surface area (Å²) < 4.78 is 33.0. The quantitative estimate of drug-likeness (QED) is 0.404. The average molecular weight is 424 g/mol. The number of carbonyl (C=O) groups is 1. The van der Waals surface area contributed by atoms with E-state index in [0.717, 1.165) is 12.1 Å². The molecule has 0 saturated carbocycles. The molecule has 2 rings (SSSR count). The Morgan fingerprint density at radius 2 is 1.76 bits per heavy atom. The predicted octanol–water partition coefficient (Wildman–Crippen LogP) is 1.70. The zero-order valence-electron chi connectivity index (χ0n) is 15.7. The Kier molecular flexibility index (Phi) is 6.96. The van der Waals surface area contributed by atoms with Crippen molar-refractivity contribution in [1.82, 2.24) is 0 Å². The first-order chi connectivity index (χ1) is 13.6. The third kappa shape index (κ3) is 6.05. The number of hydrogen-bond acceptors (Lipinski definition) is 8. The zero-order chi connectivity index (χ0) is 21.6. The maximum Gasteiger partial charge on any atom is 0.293 e. The van der Waals surface area contributed by atoms with Gasteiger partial charge in [-0.25, -0.2) is 13.6 Å². The molecule has 0 heterocycles. The lowest BCUT2D eigenvalue weighted by atomic mass is 10.2. The van der Waals surface area contributed by atoms with E-state index >= 15 is 0 Å². The maximum absolute atomic E-state index is 12.1. The highest BCUT2D eigenvalue weighted by molar-refractivity contribution is 7.89. The second kappa shape index (κ2) is 9.21. The van der Waals surface area contributed by atoms with E-state index in [1.54, 1.807) is 18.2 Å². The lowest BCUT2D eigenvalue weighted by Gasteiger charge is -2.11. The van der Waals surface area contributed by atoms with Crippen molar-refractivity contribution in [3.05, 3.63) is 46.5 Å². The van der Waals surface area contributed by atoms with E-state index in [1.807, 2.05) is 0 Å². The SMILES string of the molecule is COc1cc(NC(=O)CCNc2ccc(S(N)(=O)=O)cc2[N+](=O)[O-])cc(OC)c1. The van der Waals surface area contributed by atoms with Crippen LogP contribution in [0, 0.1) is 10.1 Å². The highest BCUT2D eigenvalue weighted by Gasteiger charge is 2.19. The number of ether oxygens (including phenoxy) is 2. The van der Waals surface area contributed by atoms with Gasteiger partial charge < -0.3 is 20.1 Å². The van der Waals surface area contributed by atoms with Gasteiger partial charge in [-0.3, -0.25) is 14.9 Å². The van der Waals surface area contributed by atoms with Crippen molar-refractivity contribution in [2.24, 2.45) is 5.14 Å². The van der Waals surface area contributed by atoms with Gasteiger partial charge in [0.2, 0.25) is 15.9 Å². The first-order valence-corrected chi connectivity index (χ1v) is 9.76. The molecule has 0 fully saturated rings. The minimum Gasteiger partial charge on any atom is -0.497 e. The van der Waals surface area contributed by atoms with Gasteiger partial charge in [-0.1, -0.05) is 0 Å². The number of primary sulfonamides is 1. The zero-order valence-corrected chi connectivity index (χ0v) is 16.5. The van der Waals surface area contributed by atoms with Crippen molar-refractivity contribution in [2.75, 3.05) is 31.4 Å². The topological polar surface area (TPSA) is 163 Å². The fourth-order valence-corrected chi connectivity index (χ4v) is 2.94. The third-order valence-electron chi connectivity index (χ3n) is 3.80. The van der Waals surface area contributed by atoms with Crippen LogP contribution in [0.25, 0.3) is 0 Å². The van der Waals surface area contributed by atoms with Crippen molar-refractivity contribution < 1.29 is 27.6 Å². The van der Waals surface area contributed by atoms with E-state index in [4.69, 9.17) is 14.6 Å². The summed E-state index contributed by atoms with van der Waals surface area (Å²) in [7, 11) is -1.10. The van der Waals surface area contributed by atoms with E-state index in [9.17, 15) is 23.3 Å². The molecule has 0 bridgehead atoms. The smallest absolute Gasteiger partial charge is 0.293 e. The van der Waals surface area contributed by atoms with Gasteiger partial charge in [0, 0.05) is 42.9 Å². The lowest BCUT2D eigenvalue weighted by molar-refractivity contribution is -0.384. The standard InChI is InChI=1S/C17H20N4O7S/c1-27-12-7-11(8-13(9-12)28-2)20-17(22)5-6-19-15-4-3-14(29(18,25)26)10-16(15)21(23)24/h3-4,7-10,19H,5-6H2,1-2H3,(H,20,22)(H2,18,25,26). The summed E-state index contributed by atoms with van der Waals surface area (Å²) in [6, 6.07) is 8.12. The number of nitro groups is 1. The molecule has 12 heteroatoms. The Hall–Kier alpha value is -3.38. The number of nitrogens with one attached hydrogen (secondary N) is 2. The van der Waals surface area contributed by atoms with Crippen LogP contribution in [0.4, 0.5) is 17.1 Å². The molecule has 0 aliphatic rings. The highest BCUT2D eigenvalue weighted by atomic mass is 32.2. The summed E-state index contributed by atoms with van der Waals surface area (Å²) in [5.41, 5.74) is 0.0717. The number of benzene rings is 2. The van der Waals surface area contributed by atoms with Crippen molar-refractivity contribution in [2.45, 2.75) is 11.3 Å². The Morgan fingerprint density at radius 3 is 2.28 bits per heavy atom. The number of anilines is 2. The van der Waals surface area contributed by atoms with Crippen LogP contribution >= 0.6 is 0 Å². The van der Waals surface area contributed by atoms with Crippen LogP contribution in [0.15, 0.2) is 41.3 Å². The molecule has 156 valence electrons. The summed E-state index contributed by atoms with van der Waals surface area (Å²) in [6.45, 7) is 0.0719. The summed E-state index contributed by atoms with van der Waals surface area (Å²) in [5, 5.41) is 21.6. The van der Waals surface area contributed by atoms with Crippen molar-refractivity contribution in [3.8, 4) is 11.5 Å². The number of nitro benzene ring substituents is 1. The third-order valence-corrected chi connectivity index (χ3v) is 4.71. The van der Waals surface area contributed by atoms with Crippen LogP contribution in [0.1, 0.15) is 6.42 Å². The number of nitrogens with zero attached hydrogens (tertiary/aromatic N) is 1. The second-order valence-electron chi connectivity index (χ2n) is 5.81. The molecular formula is C17H20N4O7S. The molecule has 0 aromatic heterocycles. The molecule has 0 unspecified atom stereocenters. The van der Waals surface area contributed by atoms with Crippen LogP contribution in [0.5, 0.6) is 11.5 Å². The monoisotopic (exact) mass is 424 g/mol. The number of sulfonamides is 1. The van der Waals surface area contributed by atoms with E-state index in [1.165, 1.54) is 20.3 Å². The van der Waals surface area contributed by atoms with Crippen molar-refractivity contribution in [3.63, 3.8) is 0 Å². The van der Waals surface area contributed by atoms with Crippen LogP contribution in [0.3, 0.4) is 0 Å². The van der Waals surface area contributed by atoms with Gasteiger partial charge in [-0.05, 0) is 12.1 Å². The van der Waals surface area contributed by atoms with Crippen LogP contribution in [0.2, 0.25) is 0 Å². The van der Waals surface area contributed by atoms with Gasteiger partial charge in [-0.15, -0.1) is 0 Å². The van der Waals surface area contributed by atoms with Gasteiger partial charge in [0.15, 0.2) is 0 Å². The molecule has 0 aliphatic heterocycles. The summed E-state index contributed by atoms with van der Waals surface area (Å²) in [4.78, 5) is 22.2. The van der Waals surface area contributed by atoms with Crippen LogP contribution in [-0.2, 0) is 14.8 Å². The molecule has 0 saturated heterocycles. The van der Waals surface area contributed by atoms with E-state index in [0.29, 0.717) is 17.2 Å². The molecular weight excluding hydrogens is 404 g/mol. The van der Waals surface area contributed by atoms with E-state index in [-0.39, 0.29) is 29.5 Å². The number of amides is 1. The molecule has 4 N–H and O–H groups in total. The molecule has 29 heavy (non-hydrogen) atoms. The van der Waals surface area contributed by atoms with E-state index in [2.05, 4.69) is 10.6 Å². The Labute approximate surface area is 167 Å². The van der Waals surface area contributed by atoms with Gasteiger partial charge in [0.25, 0.3) is 5.69 Å². The van der Waals surface area contributed by atoms with Crippen molar-refractivity contribution >= 4 is 33.0 Å². The summed E-state index contributed by atoms with van der Waals surface area (Å²) in [5.74, 6) is 0.656. The molecule has 0 atom stereocenters. The maximum atomic E-state index is 12.1. The van der Waals surface area contributed by atoms with E-state index < -0.39 is 20.6 Å². The first kappa shape index (κ1) is 21.9. The summed E-state index contributed by atoms with van der Waals surface area (Å²) in [6.07, 6.45) is -0.00633. The Bertz CT molecular complexity index is 1000. The molecule has 11 nitrogen and oxygen atoms in total. The number of hydrogen-bond donors (Lipinski definition) is 3. The lowest BCUT2D eigenvalue weighted by Crippen LogP contribution is -2.17. The molecule has 0 spiro atoms. The van der Waals surface area contributed by atoms with Gasteiger partial charge in [0.1, 0.15) is 17.2 Å².